The second-order valence-corrected chi connectivity index (χ2v) is 10.7. The van der Waals surface area contributed by atoms with Gasteiger partial charge in [0.2, 0.25) is 0 Å². The molecule has 1 heterocycles. The Morgan fingerprint density at radius 3 is 2.69 bits per heavy atom. The van der Waals surface area contributed by atoms with Gasteiger partial charge in [0.05, 0.1) is 12.3 Å². The lowest BCUT2D eigenvalue weighted by atomic mass is 9.44. The molecule has 0 radical (unpaired) electrons. The van der Waals surface area contributed by atoms with Crippen LogP contribution < -0.4 is 0 Å². The second-order valence-electron chi connectivity index (χ2n) is 10.7. The lowest BCUT2D eigenvalue weighted by molar-refractivity contribution is -0.148. The van der Waals surface area contributed by atoms with Gasteiger partial charge in [-0.05, 0) is 98.2 Å². The number of hydrogen-bond acceptors (Lipinski definition) is 3. The highest BCUT2D eigenvalue weighted by Gasteiger charge is 2.60. The normalized spacial score (nSPS) is 43.5. The zero-order valence-electron chi connectivity index (χ0n) is 19.3. The number of rotatable bonds is 4. The van der Waals surface area contributed by atoms with Gasteiger partial charge in [-0.25, -0.2) is 0 Å². The van der Waals surface area contributed by atoms with E-state index in [4.69, 9.17) is 9.26 Å². The summed E-state index contributed by atoms with van der Waals surface area (Å²) < 4.78 is 11.1. The van der Waals surface area contributed by atoms with Crippen molar-refractivity contribution in [3.05, 3.63) is 18.0 Å². The fraction of sp³-hybridized carbons (Fsp3) is 0.885. The third-order valence-electron chi connectivity index (χ3n) is 9.59. The molecule has 0 saturated heterocycles. The third kappa shape index (κ3) is 3.60. The molecule has 1 aromatic heterocycles. The summed E-state index contributed by atoms with van der Waals surface area (Å²) in [4.78, 5) is 0. The van der Waals surface area contributed by atoms with Crippen LogP contribution in [0.3, 0.4) is 0 Å². The molecule has 0 spiro atoms. The number of methoxy groups -OCH3 is 1. The third-order valence-corrected chi connectivity index (χ3v) is 9.59. The van der Waals surface area contributed by atoms with Gasteiger partial charge in [0, 0.05) is 13.2 Å². The summed E-state index contributed by atoms with van der Waals surface area (Å²) in [6.45, 7) is 7.48. The number of fused-ring (bicyclic) bond motifs is 5. The van der Waals surface area contributed by atoms with Gasteiger partial charge in [0.1, 0.15) is 6.26 Å². The highest BCUT2D eigenvalue weighted by Crippen LogP contribution is 2.67. The van der Waals surface area contributed by atoms with Crippen molar-refractivity contribution in [1.82, 2.24) is 5.16 Å². The summed E-state index contributed by atoms with van der Waals surface area (Å²) in [7, 11) is 1.95. The first kappa shape index (κ1) is 21.4. The zero-order valence-corrected chi connectivity index (χ0v) is 19.3. The maximum absolute atomic E-state index is 5.93. The molecule has 3 nitrogen and oxygen atoms in total. The molecule has 0 aliphatic heterocycles. The minimum absolute atomic E-state index is 0.479. The van der Waals surface area contributed by atoms with E-state index < -0.39 is 0 Å². The van der Waals surface area contributed by atoms with Gasteiger partial charge in [-0.1, -0.05) is 38.8 Å². The van der Waals surface area contributed by atoms with Crippen LogP contribution in [0.2, 0.25) is 0 Å². The second kappa shape index (κ2) is 8.73. The van der Waals surface area contributed by atoms with Gasteiger partial charge >= 0.3 is 0 Å². The highest BCUT2D eigenvalue weighted by atomic mass is 16.5. The monoisotopic (exact) mass is 401 g/mol. The van der Waals surface area contributed by atoms with E-state index in [1.54, 1.807) is 6.26 Å². The quantitative estimate of drug-likeness (QED) is 0.549. The molecule has 7 unspecified atom stereocenters. The Hall–Kier alpha value is -0.830. The van der Waals surface area contributed by atoms with Gasteiger partial charge in [-0.15, -0.1) is 0 Å². The average molecular weight is 402 g/mol. The van der Waals surface area contributed by atoms with Gasteiger partial charge in [-0.2, -0.15) is 0 Å². The molecule has 0 amide bonds. The SMILES string of the molecule is CC.COCC12CCC(C)CC1CCC1C3CCCC3(Cc3ccon3)CCC12. The van der Waals surface area contributed by atoms with Crippen LogP contribution in [-0.4, -0.2) is 18.9 Å². The van der Waals surface area contributed by atoms with Crippen LogP contribution in [0.1, 0.15) is 90.7 Å². The van der Waals surface area contributed by atoms with Crippen molar-refractivity contribution in [1.29, 1.82) is 0 Å². The molecule has 4 aliphatic rings. The lowest BCUT2D eigenvalue weighted by Gasteiger charge is -2.62. The van der Waals surface area contributed by atoms with E-state index in [2.05, 4.69) is 18.1 Å². The number of hydrogen-bond donors (Lipinski definition) is 0. The van der Waals surface area contributed by atoms with Crippen LogP contribution in [0.25, 0.3) is 0 Å². The van der Waals surface area contributed by atoms with Gasteiger partial charge in [0.25, 0.3) is 0 Å². The Morgan fingerprint density at radius 1 is 1.07 bits per heavy atom. The molecular weight excluding hydrogens is 358 g/mol. The highest BCUT2D eigenvalue weighted by molar-refractivity contribution is 5.12. The van der Waals surface area contributed by atoms with Gasteiger partial charge in [0.15, 0.2) is 0 Å². The van der Waals surface area contributed by atoms with Crippen molar-refractivity contribution in [3.8, 4) is 0 Å². The van der Waals surface area contributed by atoms with E-state index in [1.165, 1.54) is 69.9 Å². The van der Waals surface area contributed by atoms with E-state index in [9.17, 15) is 0 Å². The number of nitrogens with zero attached hydrogens (tertiary/aromatic N) is 1. The Bertz CT molecular complexity index is 643. The van der Waals surface area contributed by atoms with E-state index in [0.29, 0.717) is 10.8 Å². The summed E-state index contributed by atoms with van der Waals surface area (Å²) in [5, 5.41) is 4.29. The fourth-order valence-electron chi connectivity index (χ4n) is 8.61. The van der Waals surface area contributed by atoms with Gasteiger partial charge < -0.3 is 9.26 Å². The smallest absolute Gasteiger partial charge is 0.124 e. The first-order chi connectivity index (χ1) is 14.2. The summed E-state index contributed by atoms with van der Waals surface area (Å²) in [5.41, 5.74) is 2.17. The molecule has 3 heteroatoms. The maximum Gasteiger partial charge on any atom is 0.124 e. The minimum Gasteiger partial charge on any atom is -0.384 e. The Morgan fingerprint density at radius 2 is 1.93 bits per heavy atom. The largest absolute Gasteiger partial charge is 0.384 e. The molecule has 1 aromatic rings. The van der Waals surface area contributed by atoms with E-state index >= 15 is 0 Å². The molecule has 0 N–H and O–H groups in total. The maximum atomic E-state index is 5.93. The van der Waals surface area contributed by atoms with Crippen molar-refractivity contribution in [2.24, 2.45) is 40.4 Å². The standard InChI is InChI=1S/C24H37NO2.C2H6/c1-17-7-12-24(16-26-2)18(14-17)5-6-20-21-4-3-10-23(21,11-8-22(20)24)15-19-9-13-27-25-19;1-2/h9,13,17-18,20-22H,3-8,10-12,14-16H2,1-2H3;1-2H3. The van der Waals surface area contributed by atoms with Crippen LogP contribution in [0, 0.1) is 40.4 Å². The van der Waals surface area contributed by atoms with Crippen molar-refractivity contribution in [2.75, 3.05) is 13.7 Å². The molecule has 164 valence electrons. The summed E-state index contributed by atoms with van der Waals surface area (Å²) >= 11 is 0. The summed E-state index contributed by atoms with van der Waals surface area (Å²) in [5.74, 6) is 4.55. The predicted molar refractivity (Wildman–Crippen MR) is 118 cm³/mol. The molecule has 4 saturated carbocycles. The Labute approximate surface area is 178 Å². The van der Waals surface area contributed by atoms with E-state index in [1.807, 2.05) is 21.0 Å². The van der Waals surface area contributed by atoms with E-state index in [0.717, 1.165) is 42.6 Å². The van der Waals surface area contributed by atoms with Crippen LogP contribution in [0.4, 0.5) is 0 Å². The summed E-state index contributed by atoms with van der Waals surface area (Å²) in [6.07, 6.45) is 17.2. The molecule has 7 atom stereocenters. The van der Waals surface area contributed by atoms with Crippen LogP contribution >= 0.6 is 0 Å². The van der Waals surface area contributed by atoms with Crippen molar-refractivity contribution >= 4 is 0 Å². The average Bonchev–Trinajstić information content (AvgIpc) is 3.40. The minimum atomic E-state index is 0.479. The van der Waals surface area contributed by atoms with Crippen molar-refractivity contribution < 1.29 is 9.26 Å². The first-order valence-corrected chi connectivity index (χ1v) is 12.5. The van der Waals surface area contributed by atoms with Crippen molar-refractivity contribution in [3.63, 3.8) is 0 Å². The van der Waals surface area contributed by atoms with E-state index in [-0.39, 0.29) is 0 Å². The van der Waals surface area contributed by atoms with Crippen molar-refractivity contribution in [2.45, 2.75) is 91.4 Å². The predicted octanol–water partition coefficient (Wildman–Crippen LogP) is 6.92. The van der Waals surface area contributed by atoms with Gasteiger partial charge in [-0.3, -0.25) is 0 Å². The Balaban J connectivity index is 0.000000994. The van der Waals surface area contributed by atoms with Crippen LogP contribution in [-0.2, 0) is 11.2 Å². The topological polar surface area (TPSA) is 35.3 Å². The zero-order chi connectivity index (χ0) is 20.5. The molecule has 5 rings (SSSR count). The molecule has 4 fully saturated rings. The molecule has 29 heavy (non-hydrogen) atoms. The molecule has 0 bridgehead atoms. The number of aromatic nitrogens is 1. The fourth-order valence-corrected chi connectivity index (χ4v) is 8.61. The molecule has 4 aliphatic carbocycles. The first-order valence-electron chi connectivity index (χ1n) is 12.5. The van der Waals surface area contributed by atoms with Crippen LogP contribution in [0.5, 0.6) is 0 Å². The summed E-state index contributed by atoms with van der Waals surface area (Å²) in [6, 6.07) is 2.10. The molecular formula is C26H43NO2. The van der Waals surface area contributed by atoms with Crippen LogP contribution in [0.15, 0.2) is 16.9 Å². The molecule has 0 aromatic carbocycles. The number of ether oxygens (including phenoxy) is 1. The Kier molecular flexibility index (Phi) is 6.44. The lowest BCUT2D eigenvalue weighted by Crippen LogP contribution is -2.56.